The highest BCUT2D eigenvalue weighted by Crippen LogP contribution is 2.43. The summed E-state index contributed by atoms with van der Waals surface area (Å²) in [6, 6.07) is 14.3. The molecule has 0 spiro atoms. The summed E-state index contributed by atoms with van der Waals surface area (Å²) in [7, 11) is -1.90. The average Bonchev–Trinajstić information content (AvgIpc) is 3.20. The summed E-state index contributed by atoms with van der Waals surface area (Å²) in [5.74, 6) is 1.71. The largest absolute Gasteiger partial charge is 0.494 e. The maximum absolute atomic E-state index is 11.6. The number of aromatic nitrogens is 1. The highest BCUT2D eigenvalue weighted by molar-refractivity contribution is 7.92. The molecule has 8 nitrogen and oxygen atoms in total. The highest BCUT2D eigenvalue weighted by Gasteiger charge is 2.20. The summed E-state index contributed by atoms with van der Waals surface area (Å²) >= 11 is 6.45. The SMILES string of the molecule is COc1cc(NS(C)(=O)=O)ccc1Nc1c2cc3c(cc2nc2c(Cl)cccc12)OCO3. The van der Waals surface area contributed by atoms with E-state index < -0.39 is 10.0 Å². The van der Waals surface area contributed by atoms with Crippen molar-refractivity contribution in [3.05, 3.63) is 53.6 Å². The van der Waals surface area contributed by atoms with Crippen LogP contribution < -0.4 is 24.2 Å². The predicted molar refractivity (Wildman–Crippen MR) is 125 cm³/mol. The van der Waals surface area contributed by atoms with Crippen molar-refractivity contribution in [3.63, 3.8) is 0 Å². The number of para-hydroxylation sites is 1. The number of nitrogens with zero attached hydrogens (tertiary/aromatic N) is 1. The Morgan fingerprint density at radius 3 is 2.59 bits per heavy atom. The van der Waals surface area contributed by atoms with E-state index in [0.29, 0.717) is 44.7 Å². The van der Waals surface area contributed by atoms with Gasteiger partial charge in [0.2, 0.25) is 16.8 Å². The van der Waals surface area contributed by atoms with Gasteiger partial charge in [0.25, 0.3) is 0 Å². The molecule has 0 bridgehead atoms. The summed E-state index contributed by atoms with van der Waals surface area (Å²) in [6.45, 7) is 0.150. The maximum atomic E-state index is 11.6. The number of anilines is 3. The Hall–Kier alpha value is -3.43. The van der Waals surface area contributed by atoms with Crippen molar-refractivity contribution in [1.29, 1.82) is 0 Å². The summed E-state index contributed by atoms with van der Waals surface area (Å²) in [5.41, 5.74) is 3.11. The summed E-state index contributed by atoms with van der Waals surface area (Å²) in [5, 5.41) is 5.56. The zero-order valence-electron chi connectivity index (χ0n) is 17.1. The molecule has 1 aliphatic heterocycles. The number of fused-ring (bicyclic) bond motifs is 3. The van der Waals surface area contributed by atoms with Crippen molar-refractivity contribution < 1.29 is 22.6 Å². The van der Waals surface area contributed by atoms with E-state index in [1.807, 2.05) is 24.3 Å². The van der Waals surface area contributed by atoms with Gasteiger partial charge in [0.05, 0.1) is 46.5 Å². The third-order valence-corrected chi connectivity index (χ3v) is 5.92. The van der Waals surface area contributed by atoms with Crippen molar-refractivity contribution in [2.24, 2.45) is 0 Å². The van der Waals surface area contributed by atoms with Crippen molar-refractivity contribution >= 4 is 60.5 Å². The lowest BCUT2D eigenvalue weighted by Crippen LogP contribution is -2.09. The molecule has 5 rings (SSSR count). The Kier molecular flexibility index (Phi) is 4.87. The highest BCUT2D eigenvalue weighted by atomic mass is 35.5. The van der Waals surface area contributed by atoms with Crippen LogP contribution in [-0.4, -0.2) is 33.6 Å². The first-order valence-corrected chi connectivity index (χ1v) is 11.8. The van der Waals surface area contributed by atoms with E-state index in [9.17, 15) is 8.42 Å². The third kappa shape index (κ3) is 3.69. The fourth-order valence-electron chi connectivity index (χ4n) is 3.66. The smallest absolute Gasteiger partial charge is 0.231 e. The van der Waals surface area contributed by atoms with Crippen molar-refractivity contribution in [2.75, 3.05) is 30.2 Å². The van der Waals surface area contributed by atoms with Gasteiger partial charge in [-0.15, -0.1) is 0 Å². The molecule has 164 valence electrons. The van der Waals surface area contributed by atoms with Gasteiger partial charge >= 0.3 is 0 Å². The van der Waals surface area contributed by atoms with Crippen molar-refractivity contribution in [2.45, 2.75) is 0 Å². The lowest BCUT2D eigenvalue weighted by atomic mass is 10.1. The molecule has 1 aliphatic rings. The number of benzene rings is 3. The van der Waals surface area contributed by atoms with Crippen LogP contribution in [0.25, 0.3) is 21.8 Å². The standard InChI is InChI=1S/C22H18ClN3O5S/c1-29-18-8-12(26-32(2,27)28)6-7-16(18)24-21-13-4-3-5-15(23)22(13)25-17-10-20-19(9-14(17)21)30-11-31-20/h3-10,26H,11H2,1-2H3,(H,24,25). The van der Waals surface area contributed by atoms with Crippen LogP contribution in [0, 0.1) is 0 Å². The number of sulfonamides is 1. The third-order valence-electron chi connectivity index (χ3n) is 5.01. The van der Waals surface area contributed by atoms with Crippen LogP contribution in [0.2, 0.25) is 5.02 Å². The monoisotopic (exact) mass is 471 g/mol. The van der Waals surface area contributed by atoms with Gasteiger partial charge in [-0.1, -0.05) is 23.7 Å². The molecule has 3 aromatic carbocycles. The molecule has 0 saturated carbocycles. The number of hydrogen-bond donors (Lipinski definition) is 2. The van der Waals surface area contributed by atoms with Gasteiger partial charge in [-0.2, -0.15) is 0 Å². The summed E-state index contributed by atoms with van der Waals surface area (Å²) in [6.07, 6.45) is 1.09. The number of halogens is 1. The van der Waals surface area contributed by atoms with Crippen LogP contribution in [0.4, 0.5) is 17.1 Å². The lowest BCUT2D eigenvalue weighted by molar-refractivity contribution is 0.174. The molecular formula is C22H18ClN3O5S. The normalized spacial score (nSPS) is 12.8. The van der Waals surface area contributed by atoms with Crippen LogP contribution in [0.3, 0.4) is 0 Å². The molecule has 0 atom stereocenters. The van der Waals surface area contributed by atoms with Crippen LogP contribution in [-0.2, 0) is 10.0 Å². The average molecular weight is 472 g/mol. The second kappa shape index (κ2) is 7.61. The van der Waals surface area contributed by atoms with Crippen LogP contribution in [0.5, 0.6) is 17.2 Å². The molecule has 32 heavy (non-hydrogen) atoms. The number of nitrogens with one attached hydrogen (secondary N) is 2. The van der Waals surface area contributed by atoms with Gasteiger partial charge in [-0.3, -0.25) is 4.72 Å². The van der Waals surface area contributed by atoms with Crippen molar-refractivity contribution in [1.82, 2.24) is 4.98 Å². The van der Waals surface area contributed by atoms with E-state index in [-0.39, 0.29) is 6.79 Å². The number of pyridine rings is 1. The molecule has 0 aliphatic carbocycles. The Balaban J connectivity index is 1.70. The van der Waals surface area contributed by atoms with Crippen LogP contribution >= 0.6 is 11.6 Å². The number of rotatable bonds is 5. The topological polar surface area (TPSA) is 98.8 Å². The van der Waals surface area contributed by atoms with E-state index in [4.69, 9.17) is 30.8 Å². The molecule has 2 N–H and O–H groups in total. The van der Waals surface area contributed by atoms with Crippen LogP contribution in [0.15, 0.2) is 48.5 Å². The van der Waals surface area contributed by atoms with Crippen molar-refractivity contribution in [3.8, 4) is 17.2 Å². The predicted octanol–water partition coefficient (Wildman–Crippen LogP) is 4.89. The Labute approximate surface area is 189 Å². The minimum atomic E-state index is -3.42. The fraction of sp³-hybridized carbons (Fsp3) is 0.136. The molecule has 0 saturated heterocycles. The van der Waals surface area contributed by atoms with Gasteiger partial charge in [0.15, 0.2) is 11.5 Å². The van der Waals surface area contributed by atoms with E-state index in [0.717, 1.165) is 22.7 Å². The molecule has 0 amide bonds. The number of ether oxygens (including phenoxy) is 3. The first-order chi connectivity index (χ1) is 15.3. The van der Waals surface area contributed by atoms with Gasteiger partial charge in [0, 0.05) is 22.9 Å². The van der Waals surface area contributed by atoms with E-state index in [1.165, 1.54) is 7.11 Å². The Morgan fingerprint density at radius 1 is 1.06 bits per heavy atom. The molecular weight excluding hydrogens is 454 g/mol. The van der Waals surface area contributed by atoms with Gasteiger partial charge in [-0.25, -0.2) is 13.4 Å². The molecule has 2 heterocycles. The molecule has 1 aromatic heterocycles. The fourth-order valence-corrected chi connectivity index (χ4v) is 4.43. The summed E-state index contributed by atoms with van der Waals surface area (Å²) < 4.78 is 42.2. The quantitative estimate of drug-likeness (QED) is 0.399. The van der Waals surface area contributed by atoms with E-state index >= 15 is 0 Å². The molecule has 0 radical (unpaired) electrons. The number of hydrogen-bond acceptors (Lipinski definition) is 7. The minimum absolute atomic E-state index is 0.150. The first-order valence-electron chi connectivity index (χ1n) is 9.57. The molecule has 0 unspecified atom stereocenters. The molecule has 10 heteroatoms. The Bertz CT molecular complexity index is 1490. The second-order valence-electron chi connectivity index (χ2n) is 7.26. The lowest BCUT2D eigenvalue weighted by Gasteiger charge is -2.17. The minimum Gasteiger partial charge on any atom is -0.494 e. The van der Waals surface area contributed by atoms with Gasteiger partial charge < -0.3 is 19.5 Å². The van der Waals surface area contributed by atoms with Gasteiger partial charge in [-0.05, 0) is 24.3 Å². The Morgan fingerprint density at radius 2 is 1.84 bits per heavy atom. The van der Waals surface area contributed by atoms with Crippen LogP contribution in [0.1, 0.15) is 0 Å². The zero-order chi connectivity index (χ0) is 22.5. The molecule has 4 aromatic rings. The zero-order valence-corrected chi connectivity index (χ0v) is 18.7. The molecule has 0 fully saturated rings. The maximum Gasteiger partial charge on any atom is 0.231 e. The number of methoxy groups -OCH3 is 1. The van der Waals surface area contributed by atoms with Gasteiger partial charge in [0.1, 0.15) is 5.75 Å². The van der Waals surface area contributed by atoms with E-state index in [1.54, 1.807) is 24.3 Å². The first kappa shape index (κ1) is 20.5. The van der Waals surface area contributed by atoms with E-state index in [2.05, 4.69) is 10.0 Å². The summed E-state index contributed by atoms with van der Waals surface area (Å²) in [4.78, 5) is 4.74. The second-order valence-corrected chi connectivity index (χ2v) is 9.42.